The standard InChI is InChI=1S/C10H10N2OS/c13-6-3-9-7-14-10(12-9)8-1-4-11-5-2-8/h1-2,4-5,7,13H,3,6H2. The van der Waals surface area contributed by atoms with Crippen LogP contribution in [0.2, 0.25) is 0 Å². The lowest BCUT2D eigenvalue weighted by Gasteiger charge is -1.93. The fraction of sp³-hybridized carbons (Fsp3) is 0.200. The summed E-state index contributed by atoms with van der Waals surface area (Å²) in [6.07, 6.45) is 4.13. The largest absolute Gasteiger partial charge is 0.396 e. The van der Waals surface area contributed by atoms with Crippen molar-refractivity contribution >= 4 is 11.3 Å². The van der Waals surface area contributed by atoms with E-state index in [1.165, 1.54) is 0 Å². The first-order valence-electron chi connectivity index (χ1n) is 4.36. The van der Waals surface area contributed by atoms with Gasteiger partial charge in [0, 0.05) is 36.4 Å². The second kappa shape index (κ2) is 4.30. The van der Waals surface area contributed by atoms with E-state index in [0.29, 0.717) is 6.42 Å². The lowest BCUT2D eigenvalue weighted by atomic mass is 10.3. The summed E-state index contributed by atoms with van der Waals surface area (Å²) in [6, 6.07) is 3.86. The van der Waals surface area contributed by atoms with Gasteiger partial charge in [-0.15, -0.1) is 11.3 Å². The molecule has 2 rings (SSSR count). The molecule has 0 aromatic carbocycles. The molecular formula is C10H10N2OS. The van der Waals surface area contributed by atoms with E-state index in [1.807, 2.05) is 17.5 Å². The Kier molecular flexibility index (Phi) is 2.86. The van der Waals surface area contributed by atoms with Gasteiger partial charge in [0.05, 0.1) is 5.69 Å². The molecule has 0 radical (unpaired) electrons. The smallest absolute Gasteiger partial charge is 0.123 e. The van der Waals surface area contributed by atoms with Gasteiger partial charge in [0.15, 0.2) is 0 Å². The van der Waals surface area contributed by atoms with Crippen molar-refractivity contribution in [2.45, 2.75) is 6.42 Å². The minimum atomic E-state index is 0.152. The molecular weight excluding hydrogens is 196 g/mol. The van der Waals surface area contributed by atoms with Crippen LogP contribution >= 0.6 is 11.3 Å². The number of rotatable bonds is 3. The minimum absolute atomic E-state index is 0.152. The Morgan fingerprint density at radius 3 is 2.79 bits per heavy atom. The van der Waals surface area contributed by atoms with Gasteiger partial charge in [-0.1, -0.05) is 0 Å². The molecule has 0 aliphatic rings. The van der Waals surface area contributed by atoms with E-state index in [2.05, 4.69) is 9.97 Å². The maximum atomic E-state index is 8.75. The second-order valence-corrected chi connectivity index (χ2v) is 3.71. The van der Waals surface area contributed by atoms with Gasteiger partial charge in [-0.05, 0) is 12.1 Å². The number of nitrogens with zero attached hydrogens (tertiary/aromatic N) is 2. The third-order valence-electron chi connectivity index (χ3n) is 1.85. The van der Waals surface area contributed by atoms with Crippen LogP contribution in [0.3, 0.4) is 0 Å². The number of thiazole rings is 1. The van der Waals surface area contributed by atoms with Crippen LogP contribution in [0, 0.1) is 0 Å². The van der Waals surface area contributed by atoms with E-state index < -0.39 is 0 Å². The topological polar surface area (TPSA) is 46.0 Å². The lowest BCUT2D eigenvalue weighted by molar-refractivity contribution is 0.298. The van der Waals surface area contributed by atoms with Crippen molar-refractivity contribution in [1.29, 1.82) is 0 Å². The van der Waals surface area contributed by atoms with Crippen LogP contribution in [0.4, 0.5) is 0 Å². The molecule has 0 amide bonds. The number of pyridine rings is 1. The highest BCUT2D eigenvalue weighted by Crippen LogP contribution is 2.22. The van der Waals surface area contributed by atoms with Gasteiger partial charge in [0.25, 0.3) is 0 Å². The Bertz CT molecular complexity index is 400. The van der Waals surface area contributed by atoms with E-state index in [1.54, 1.807) is 23.7 Å². The molecule has 0 unspecified atom stereocenters. The van der Waals surface area contributed by atoms with Crippen molar-refractivity contribution in [3.05, 3.63) is 35.6 Å². The molecule has 0 aliphatic heterocycles. The molecule has 2 aromatic rings. The molecule has 0 bridgehead atoms. The first-order valence-corrected chi connectivity index (χ1v) is 5.24. The molecule has 0 saturated heterocycles. The van der Waals surface area contributed by atoms with Crippen LogP contribution in [0.25, 0.3) is 10.6 Å². The van der Waals surface area contributed by atoms with Crippen molar-refractivity contribution in [1.82, 2.24) is 9.97 Å². The summed E-state index contributed by atoms with van der Waals surface area (Å²) in [4.78, 5) is 8.35. The Balaban J connectivity index is 2.25. The second-order valence-electron chi connectivity index (χ2n) is 2.85. The summed E-state index contributed by atoms with van der Waals surface area (Å²) in [5.41, 5.74) is 2.03. The van der Waals surface area contributed by atoms with Gasteiger partial charge >= 0.3 is 0 Å². The van der Waals surface area contributed by atoms with E-state index >= 15 is 0 Å². The molecule has 0 fully saturated rings. The van der Waals surface area contributed by atoms with Gasteiger partial charge in [0.2, 0.25) is 0 Å². The highest BCUT2D eigenvalue weighted by atomic mass is 32.1. The quantitative estimate of drug-likeness (QED) is 0.832. The van der Waals surface area contributed by atoms with Gasteiger partial charge < -0.3 is 5.11 Å². The van der Waals surface area contributed by atoms with Crippen LogP contribution in [0.15, 0.2) is 29.9 Å². The monoisotopic (exact) mass is 206 g/mol. The number of aliphatic hydroxyl groups is 1. The predicted molar refractivity (Wildman–Crippen MR) is 56.1 cm³/mol. The summed E-state index contributed by atoms with van der Waals surface area (Å²) in [5.74, 6) is 0. The SMILES string of the molecule is OCCc1csc(-c2ccncc2)n1. The summed E-state index contributed by atoms with van der Waals surface area (Å²) >= 11 is 1.59. The minimum Gasteiger partial charge on any atom is -0.396 e. The molecule has 2 heterocycles. The average Bonchev–Trinajstić information content (AvgIpc) is 2.68. The van der Waals surface area contributed by atoms with Gasteiger partial charge in [-0.3, -0.25) is 4.98 Å². The molecule has 72 valence electrons. The van der Waals surface area contributed by atoms with Crippen molar-refractivity contribution in [2.24, 2.45) is 0 Å². The molecule has 0 atom stereocenters. The maximum absolute atomic E-state index is 8.75. The Hall–Kier alpha value is -1.26. The summed E-state index contributed by atoms with van der Waals surface area (Å²) in [5, 5.41) is 11.7. The molecule has 14 heavy (non-hydrogen) atoms. The van der Waals surface area contributed by atoms with E-state index in [0.717, 1.165) is 16.3 Å². The molecule has 4 heteroatoms. The van der Waals surface area contributed by atoms with Gasteiger partial charge in [0.1, 0.15) is 5.01 Å². The molecule has 0 aliphatic carbocycles. The lowest BCUT2D eigenvalue weighted by Crippen LogP contribution is -1.90. The number of aliphatic hydroxyl groups excluding tert-OH is 1. The van der Waals surface area contributed by atoms with Crippen molar-refractivity contribution in [2.75, 3.05) is 6.61 Å². The molecule has 2 aromatic heterocycles. The van der Waals surface area contributed by atoms with Crippen LogP contribution in [-0.4, -0.2) is 21.7 Å². The van der Waals surface area contributed by atoms with Gasteiger partial charge in [-0.2, -0.15) is 0 Å². The van der Waals surface area contributed by atoms with Gasteiger partial charge in [-0.25, -0.2) is 4.98 Å². The molecule has 3 nitrogen and oxygen atoms in total. The van der Waals surface area contributed by atoms with Crippen molar-refractivity contribution in [3.63, 3.8) is 0 Å². The zero-order valence-corrected chi connectivity index (χ0v) is 8.37. The summed E-state index contributed by atoms with van der Waals surface area (Å²) < 4.78 is 0. The summed E-state index contributed by atoms with van der Waals surface area (Å²) in [7, 11) is 0. The fourth-order valence-corrected chi connectivity index (χ4v) is 2.02. The van der Waals surface area contributed by atoms with E-state index in [4.69, 9.17) is 5.11 Å². The van der Waals surface area contributed by atoms with E-state index in [-0.39, 0.29) is 6.61 Å². The van der Waals surface area contributed by atoms with Crippen molar-refractivity contribution < 1.29 is 5.11 Å². The number of aromatic nitrogens is 2. The zero-order valence-electron chi connectivity index (χ0n) is 7.55. The molecule has 0 spiro atoms. The molecule has 0 saturated carbocycles. The van der Waals surface area contributed by atoms with Crippen molar-refractivity contribution in [3.8, 4) is 10.6 Å². The zero-order chi connectivity index (χ0) is 9.80. The summed E-state index contributed by atoms with van der Waals surface area (Å²) in [6.45, 7) is 0.152. The van der Waals surface area contributed by atoms with Crippen LogP contribution in [0.5, 0.6) is 0 Å². The van der Waals surface area contributed by atoms with Crippen LogP contribution in [0.1, 0.15) is 5.69 Å². The third-order valence-corrected chi connectivity index (χ3v) is 2.79. The highest BCUT2D eigenvalue weighted by Gasteiger charge is 2.03. The van der Waals surface area contributed by atoms with E-state index in [9.17, 15) is 0 Å². The fourth-order valence-electron chi connectivity index (χ4n) is 1.16. The normalized spacial score (nSPS) is 10.4. The maximum Gasteiger partial charge on any atom is 0.123 e. The predicted octanol–water partition coefficient (Wildman–Crippen LogP) is 1.74. The average molecular weight is 206 g/mol. The first-order chi connectivity index (χ1) is 6.90. The Labute approximate surface area is 86.1 Å². The number of hydrogen-bond acceptors (Lipinski definition) is 4. The van der Waals surface area contributed by atoms with Crippen LogP contribution in [-0.2, 0) is 6.42 Å². The Morgan fingerprint density at radius 1 is 1.29 bits per heavy atom. The Morgan fingerprint density at radius 2 is 2.07 bits per heavy atom. The third kappa shape index (κ3) is 1.97. The first kappa shape index (κ1) is 9.30. The molecule has 1 N–H and O–H groups in total. The number of hydrogen-bond donors (Lipinski definition) is 1. The highest BCUT2D eigenvalue weighted by molar-refractivity contribution is 7.13. The van der Waals surface area contributed by atoms with Crippen LogP contribution < -0.4 is 0 Å².